The van der Waals surface area contributed by atoms with Gasteiger partial charge < -0.3 is 5.73 Å². The van der Waals surface area contributed by atoms with Crippen molar-refractivity contribution in [1.82, 2.24) is 35.5 Å². The summed E-state index contributed by atoms with van der Waals surface area (Å²) in [6.45, 7) is 0. The SMILES string of the molecule is NC(=O)NS(=O)(=O)c1nn[nH]n1.c1cn[nH]c1. The zero-order valence-corrected chi connectivity index (χ0v) is 9.05. The number of hydrogen-bond donors (Lipinski definition) is 4. The fourth-order valence-electron chi connectivity index (χ4n) is 0.660. The number of nitrogens with zero attached hydrogens (tertiary/aromatic N) is 4. The third-order valence-corrected chi connectivity index (χ3v) is 2.33. The summed E-state index contributed by atoms with van der Waals surface area (Å²) in [5.74, 6) is 0. The Bertz CT molecular complexity index is 515. The molecule has 5 N–H and O–H groups in total. The van der Waals surface area contributed by atoms with Crippen molar-refractivity contribution in [3.63, 3.8) is 0 Å². The fraction of sp³-hybridized carbons (Fsp3) is 0. The summed E-state index contributed by atoms with van der Waals surface area (Å²) < 4.78 is 23.3. The van der Waals surface area contributed by atoms with Crippen molar-refractivity contribution in [3.8, 4) is 0 Å². The van der Waals surface area contributed by atoms with Crippen LogP contribution in [0.15, 0.2) is 23.6 Å². The number of aromatic nitrogens is 6. The molecular weight excluding hydrogens is 252 g/mol. The second kappa shape index (κ2) is 5.55. The zero-order valence-electron chi connectivity index (χ0n) is 8.23. The lowest BCUT2D eigenvalue weighted by atomic mass is 10.8. The second-order valence-electron chi connectivity index (χ2n) is 2.43. The number of hydrogen-bond acceptors (Lipinski definition) is 7. The van der Waals surface area contributed by atoms with Crippen LogP contribution in [-0.2, 0) is 10.0 Å². The van der Waals surface area contributed by atoms with E-state index in [2.05, 4.69) is 31.3 Å². The number of amides is 2. The van der Waals surface area contributed by atoms with Crippen LogP contribution in [0.2, 0.25) is 0 Å². The Balaban J connectivity index is 0.000000239. The lowest BCUT2D eigenvalue weighted by Crippen LogP contribution is -2.35. The number of H-pyrrole nitrogens is 2. The Morgan fingerprint density at radius 2 is 2.24 bits per heavy atom. The smallest absolute Gasteiger partial charge is 0.326 e. The molecule has 92 valence electrons. The number of rotatable bonds is 2. The van der Waals surface area contributed by atoms with Gasteiger partial charge in [0.15, 0.2) is 0 Å². The van der Waals surface area contributed by atoms with Crippen LogP contribution in [0.5, 0.6) is 0 Å². The summed E-state index contributed by atoms with van der Waals surface area (Å²) in [4.78, 5) is 10.2. The molecule has 0 atom stereocenters. The van der Waals surface area contributed by atoms with Gasteiger partial charge in [-0.15, -0.1) is 5.10 Å². The molecule has 0 aliphatic rings. The number of sulfonamides is 1. The molecule has 0 aliphatic carbocycles. The molecule has 12 heteroatoms. The maximum Gasteiger partial charge on any atom is 0.326 e. The average molecular weight is 260 g/mol. The van der Waals surface area contributed by atoms with Crippen LogP contribution >= 0.6 is 0 Å². The van der Waals surface area contributed by atoms with E-state index < -0.39 is 21.2 Å². The quantitative estimate of drug-likeness (QED) is 0.481. The van der Waals surface area contributed by atoms with Gasteiger partial charge in [-0.2, -0.15) is 18.7 Å². The predicted molar refractivity (Wildman–Crippen MR) is 52.7 cm³/mol. The van der Waals surface area contributed by atoms with Crippen molar-refractivity contribution in [2.24, 2.45) is 5.73 Å². The fourth-order valence-corrected chi connectivity index (χ4v) is 1.33. The maximum absolute atomic E-state index is 10.9. The van der Waals surface area contributed by atoms with Crippen molar-refractivity contribution >= 4 is 16.1 Å². The largest absolute Gasteiger partial charge is 0.351 e. The van der Waals surface area contributed by atoms with Crippen molar-refractivity contribution in [2.75, 3.05) is 0 Å². The maximum atomic E-state index is 10.9. The zero-order chi connectivity index (χ0) is 12.7. The molecule has 0 spiro atoms. The van der Waals surface area contributed by atoms with E-state index >= 15 is 0 Å². The van der Waals surface area contributed by atoms with Gasteiger partial charge in [0.05, 0.1) is 0 Å². The minimum atomic E-state index is -4.06. The highest BCUT2D eigenvalue weighted by Crippen LogP contribution is 1.94. The summed E-state index contributed by atoms with van der Waals surface area (Å²) in [5, 5.41) is 16.7. The average Bonchev–Trinajstić information content (AvgIpc) is 2.93. The van der Waals surface area contributed by atoms with Crippen LogP contribution in [0.4, 0.5) is 4.79 Å². The molecule has 0 radical (unpaired) electrons. The normalized spacial score (nSPS) is 10.1. The summed E-state index contributed by atoms with van der Waals surface area (Å²) in [5.41, 5.74) is 4.57. The monoisotopic (exact) mass is 260 g/mol. The van der Waals surface area contributed by atoms with E-state index in [1.54, 1.807) is 12.4 Å². The highest BCUT2D eigenvalue weighted by Gasteiger charge is 2.20. The first kappa shape index (κ1) is 12.6. The minimum Gasteiger partial charge on any atom is -0.351 e. The first-order chi connectivity index (χ1) is 8.02. The van der Waals surface area contributed by atoms with Crippen molar-refractivity contribution in [2.45, 2.75) is 5.16 Å². The number of nitrogens with two attached hydrogens (primary N) is 1. The summed E-state index contributed by atoms with van der Waals surface area (Å²) in [7, 11) is -4.06. The number of primary amides is 1. The first-order valence-corrected chi connectivity index (χ1v) is 5.50. The Kier molecular flexibility index (Phi) is 4.10. The van der Waals surface area contributed by atoms with Gasteiger partial charge in [0, 0.05) is 12.4 Å². The van der Waals surface area contributed by atoms with Gasteiger partial charge in [0.1, 0.15) is 0 Å². The molecule has 11 nitrogen and oxygen atoms in total. The Labute approximate surface area is 94.8 Å². The van der Waals surface area contributed by atoms with Gasteiger partial charge >= 0.3 is 21.2 Å². The Hall–Kier alpha value is -2.50. The number of tetrazole rings is 1. The molecule has 0 unspecified atom stereocenters. The van der Waals surface area contributed by atoms with Crippen LogP contribution in [0.1, 0.15) is 0 Å². The van der Waals surface area contributed by atoms with E-state index in [1.807, 2.05) is 11.3 Å². The summed E-state index contributed by atoms with van der Waals surface area (Å²) >= 11 is 0. The lowest BCUT2D eigenvalue weighted by Gasteiger charge is -1.96. The van der Waals surface area contributed by atoms with Gasteiger partial charge in [0.25, 0.3) is 0 Å². The molecular formula is C5H8N8O3S. The molecule has 0 bridgehead atoms. The van der Waals surface area contributed by atoms with Gasteiger partial charge in [-0.05, 0) is 11.3 Å². The minimum absolute atomic E-state index is 0.638. The summed E-state index contributed by atoms with van der Waals surface area (Å²) in [6.07, 6.45) is 3.46. The highest BCUT2D eigenvalue weighted by molar-refractivity contribution is 7.89. The number of aromatic amines is 2. The second-order valence-corrected chi connectivity index (χ2v) is 4.01. The van der Waals surface area contributed by atoms with E-state index in [1.165, 1.54) is 4.72 Å². The van der Waals surface area contributed by atoms with Gasteiger partial charge in [-0.3, -0.25) is 5.10 Å². The van der Waals surface area contributed by atoms with Crippen LogP contribution < -0.4 is 10.5 Å². The molecule has 2 amide bonds. The van der Waals surface area contributed by atoms with Crippen molar-refractivity contribution < 1.29 is 13.2 Å². The Morgan fingerprint density at radius 1 is 1.47 bits per heavy atom. The first-order valence-electron chi connectivity index (χ1n) is 4.02. The molecule has 2 heterocycles. The van der Waals surface area contributed by atoms with E-state index in [9.17, 15) is 13.2 Å². The van der Waals surface area contributed by atoms with E-state index in [4.69, 9.17) is 0 Å². The lowest BCUT2D eigenvalue weighted by molar-refractivity contribution is 0.253. The molecule has 17 heavy (non-hydrogen) atoms. The molecule has 0 saturated heterocycles. The van der Waals surface area contributed by atoms with E-state index in [0.29, 0.717) is 0 Å². The molecule has 2 rings (SSSR count). The number of carbonyl (C=O) groups is 1. The molecule has 2 aromatic rings. The van der Waals surface area contributed by atoms with Gasteiger partial charge in [-0.25, -0.2) is 9.52 Å². The van der Waals surface area contributed by atoms with Crippen molar-refractivity contribution in [3.05, 3.63) is 18.5 Å². The van der Waals surface area contributed by atoms with Crippen LogP contribution in [0, 0.1) is 0 Å². The van der Waals surface area contributed by atoms with Crippen LogP contribution in [-0.4, -0.2) is 45.3 Å². The Morgan fingerprint density at radius 3 is 2.59 bits per heavy atom. The standard InChI is InChI=1S/C3H4N2.C2H4N6O3S/c1-2-4-5-3-1;3-1(9)6-12(10,11)2-4-7-8-5-2/h1-3H,(H,4,5);(H3,3,6,9)(H,4,5,7,8). The van der Waals surface area contributed by atoms with Gasteiger partial charge in [0.2, 0.25) is 0 Å². The third-order valence-electron chi connectivity index (χ3n) is 1.21. The van der Waals surface area contributed by atoms with Crippen LogP contribution in [0.25, 0.3) is 0 Å². The third kappa shape index (κ3) is 4.25. The number of nitrogens with one attached hydrogen (secondary N) is 3. The van der Waals surface area contributed by atoms with E-state index in [0.717, 1.165) is 0 Å². The number of urea groups is 1. The topological polar surface area (TPSA) is 172 Å². The molecule has 0 fully saturated rings. The predicted octanol–water partition coefficient (Wildman–Crippen LogP) is -2.03. The molecule has 0 saturated carbocycles. The molecule has 0 aliphatic heterocycles. The van der Waals surface area contributed by atoms with Gasteiger partial charge in [-0.1, -0.05) is 5.10 Å². The molecule has 0 aromatic carbocycles. The van der Waals surface area contributed by atoms with Crippen molar-refractivity contribution in [1.29, 1.82) is 0 Å². The van der Waals surface area contributed by atoms with Crippen LogP contribution in [0.3, 0.4) is 0 Å². The number of carbonyl (C=O) groups excluding carboxylic acids is 1. The molecule has 2 aromatic heterocycles. The summed E-state index contributed by atoms with van der Waals surface area (Å²) in [6, 6.07) is 0.625. The van der Waals surface area contributed by atoms with E-state index in [-0.39, 0.29) is 0 Å². The highest BCUT2D eigenvalue weighted by atomic mass is 32.2.